The fraction of sp³-hybridized carbons (Fsp3) is 0.222. The number of halogens is 3. The lowest BCUT2D eigenvalue weighted by Crippen LogP contribution is -2.24. The molecule has 0 unspecified atom stereocenters. The highest BCUT2D eigenvalue weighted by molar-refractivity contribution is 8.72. The van der Waals surface area contributed by atoms with Crippen LogP contribution in [-0.4, -0.2) is 27.0 Å². The summed E-state index contributed by atoms with van der Waals surface area (Å²) in [6, 6.07) is 3.83. The van der Waals surface area contributed by atoms with Gasteiger partial charge in [0.25, 0.3) is 0 Å². The molecule has 5 nitrogen and oxygen atoms in total. The average Bonchev–Trinajstić information content (AvgIpc) is 2.26. The molecule has 0 saturated heterocycles. The second-order valence-corrected chi connectivity index (χ2v) is 7.04. The highest BCUT2D eigenvalue weighted by Gasteiger charge is 2.37. The summed E-state index contributed by atoms with van der Waals surface area (Å²) in [4.78, 5) is 10.5. The fourth-order valence-electron chi connectivity index (χ4n) is 1.07. The molecule has 0 spiro atoms. The number of hydrogen-bond acceptors (Lipinski definition) is 4. The highest BCUT2D eigenvalue weighted by Crippen LogP contribution is 2.38. The molecule has 0 aliphatic heterocycles. The van der Waals surface area contributed by atoms with Crippen molar-refractivity contribution < 1.29 is 26.4 Å². The van der Waals surface area contributed by atoms with E-state index >= 15 is 0 Å². The van der Waals surface area contributed by atoms with E-state index in [1.165, 1.54) is 19.2 Å². The first-order chi connectivity index (χ1) is 8.64. The molecule has 106 valence electrons. The monoisotopic (exact) mass is 314 g/mol. The minimum Gasteiger partial charge on any atom is -0.341 e. The van der Waals surface area contributed by atoms with Gasteiger partial charge >= 0.3 is 11.5 Å². The first kappa shape index (κ1) is 15.6. The second kappa shape index (κ2) is 5.70. The summed E-state index contributed by atoms with van der Waals surface area (Å²) in [5, 5.41) is 4.61. The Balaban J connectivity index is 2.90. The first-order valence-electron chi connectivity index (χ1n) is 4.75. The van der Waals surface area contributed by atoms with Crippen molar-refractivity contribution in [1.29, 1.82) is 0 Å². The van der Waals surface area contributed by atoms with Gasteiger partial charge in [0.2, 0.25) is 8.87 Å². The van der Waals surface area contributed by atoms with Gasteiger partial charge in [0.05, 0.1) is 15.7 Å². The predicted octanol–water partition coefficient (Wildman–Crippen LogP) is 2.38. The molecule has 0 heterocycles. The van der Waals surface area contributed by atoms with Crippen LogP contribution in [0.3, 0.4) is 0 Å². The van der Waals surface area contributed by atoms with Gasteiger partial charge < -0.3 is 10.6 Å². The number of carbonyl (C=O) groups excluding carboxylic acids is 1. The van der Waals surface area contributed by atoms with Crippen LogP contribution in [0.5, 0.6) is 0 Å². The highest BCUT2D eigenvalue weighted by atomic mass is 33.1. The summed E-state index contributed by atoms with van der Waals surface area (Å²) in [5.41, 5.74) is -4.62. The van der Waals surface area contributed by atoms with Gasteiger partial charge in [0.1, 0.15) is 0 Å². The second-order valence-electron chi connectivity index (χ2n) is 3.21. The number of amides is 2. The Kier molecular flexibility index (Phi) is 4.69. The molecule has 0 fully saturated rings. The van der Waals surface area contributed by atoms with Gasteiger partial charge in [-0.25, -0.2) is 13.2 Å². The Bertz CT molecular complexity index is 555. The Hall–Kier alpha value is -1.42. The normalized spacial score (nSPS) is 12.0. The van der Waals surface area contributed by atoms with Crippen molar-refractivity contribution in [2.45, 2.75) is 10.4 Å². The molecule has 19 heavy (non-hydrogen) atoms. The lowest BCUT2D eigenvalue weighted by Gasteiger charge is -2.08. The summed E-state index contributed by atoms with van der Waals surface area (Å²) in [7, 11) is -4.21. The van der Waals surface area contributed by atoms with Gasteiger partial charge in [-0.15, -0.1) is 0 Å². The van der Waals surface area contributed by atoms with Crippen molar-refractivity contribution in [2.75, 3.05) is 12.4 Å². The van der Waals surface area contributed by atoms with Crippen LogP contribution >= 0.6 is 10.8 Å². The minimum atomic E-state index is -4.88. The van der Waals surface area contributed by atoms with Crippen molar-refractivity contribution in [1.82, 2.24) is 5.32 Å². The first-order valence-corrected chi connectivity index (χ1v) is 7.57. The third kappa shape index (κ3) is 4.99. The molecule has 2 N–H and O–H groups in total. The number of urea groups is 1. The molecule has 10 heteroatoms. The largest absolute Gasteiger partial charge is 0.456 e. The Morgan fingerprint density at radius 1 is 1.21 bits per heavy atom. The van der Waals surface area contributed by atoms with Crippen molar-refractivity contribution in [3.05, 3.63) is 24.3 Å². The van der Waals surface area contributed by atoms with E-state index in [9.17, 15) is 26.4 Å². The Morgan fingerprint density at radius 3 is 2.16 bits per heavy atom. The maximum absolute atomic E-state index is 12.1. The van der Waals surface area contributed by atoms with E-state index < -0.39 is 36.1 Å². The van der Waals surface area contributed by atoms with E-state index in [1.54, 1.807) is 0 Å². The smallest absolute Gasteiger partial charge is 0.341 e. The van der Waals surface area contributed by atoms with Crippen LogP contribution in [0.25, 0.3) is 0 Å². The van der Waals surface area contributed by atoms with Crippen LogP contribution in [0.15, 0.2) is 29.2 Å². The Labute approximate surface area is 110 Å². The van der Waals surface area contributed by atoms with E-state index in [-0.39, 0.29) is 5.69 Å². The van der Waals surface area contributed by atoms with E-state index in [4.69, 9.17) is 0 Å². The topological polar surface area (TPSA) is 75.3 Å². The standard InChI is InChI=1S/C9H9F3N2O3S2/c1-13-8(15)14-6-2-4-7(5-3-6)19(16,17)18-9(10,11)12/h2-5H,1H3,(H2,13,14,15). The summed E-state index contributed by atoms with van der Waals surface area (Å²) < 4.78 is 58.9. The molecule has 0 bridgehead atoms. The molecule has 1 aromatic rings. The van der Waals surface area contributed by atoms with E-state index in [2.05, 4.69) is 10.6 Å². The fourth-order valence-corrected chi connectivity index (χ4v) is 3.25. The zero-order valence-electron chi connectivity index (χ0n) is 9.48. The molecule has 0 aliphatic rings. The SMILES string of the molecule is CNC(=O)Nc1ccc(S(=O)(=O)SC(F)(F)F)cc1. The van der Waals surface area contributed by atoms with Crippen LogP contribution in [0, 0.1) is 0 Å². The van der Waals surface area contributed by atoms with Crippen molar-refractivity contribution in [3.8, 4) is 0 Å². The van der Waals surface area contributed by atoms with Crippen LogP contribution in [0.1, 0.15) is 0 Å². The third-order valence-electron chi connectivity index (χ3n) is 1.83. The molecule has 0 aromatic heterocycles. The number of alkyl halides is 3. The predicted molar refractivity (Wildman–Crippen MR) is 65.4 cm³/mol. The summed E-state index contributed by atoms with van der Waals surface area (Å²) in [5.74, 6) is 0. The molecule has 2 amide bonds. The molecule has 1 aromatic carbocycles. The number of rotatable bonds is 3. The van der Waals surface area contributed by atoms with Crippen molar-refractivity contribution in [2.24, 2.45) is 0 Å². The van der Waals surface area contributed by atoms with Gasteiger partial charge in [0, 0.05) is 12.7 Å². The van der Waals surface area contributed by atoms with Gasteiger partial charge in [-0.2, -0.15) is 13.2 Å². The lowest BCUT2D eigenvalue weighted by atomic mass is 10.3. The van der Waals surface area contributed by atoms with Gasteiger partial charge in [-0.1, -0.05) is 0 Å². The van der Waals surface area contributed by atoms with Crippen molar-refractivity contribution >= 4 is 31.4 Å². The summed E-state index contributed by atoms with van der Waals surface area (Å²) in [6.45, 7) is 0. The quantitative estimate of drug-likeness (QED) is 0.840. The van der Waals surface area contributed by atoms with Crippen LogP contribution in [0.4, 0.5) is 23.7 Å². The summed E-state index contributed by atoms with van der Waals surface area (Å²) >= 11 is 0. The zero-order valence-corrected chi connectivity index (χ0v) is 11.1. The van der Waals surface area contributed by atoms with Crippen LogP contribution in [0.2, 0.25) is 0 Å². The number of benzene rings is 1. The van der Waals surface area contributed by atoms with E-state index in [0.29, 0.717) is 0 Å². The summed E-state index contributed by atoms with van der Waals surface area (Å²) in [6.07, 6.45) is 0. The molecule has 0 saturated carbocycles. The molecule has 0 atom stereocenters. The third-order valence-corrected chi connectivity index (χ3v) is 4.89. The molecule has 1 rings (SSSR count). The lowest BCUT2D eigenvalue weighted by molar-refractivity contribution is -0.0312. The Morgan fingerprint density at radius 2 is 1.74 bits per heavy atom. The minimum absolute atomic E-state index is 0.260. The van der Waals surface area contributed by atoms with E-state index in [0.717, 1.165) is 12.1 Å². The molecule has 0 aliphatic carbocycles. The van der Waals surface area contributed by atoms with Crippen LogP contribution < -0.4 is 10.6 Å². The number of hydrogen-bond donors (Lipinski definition) is 2. The molecular formula is C9H9F3N2O3S2. The zero-order chi connectivity index (χ0) is 14.7. The van der Waals surface area contributed by atoms with Gasteiger partial charge in [-0.3, -0.25) is 0 Å². The number of carbonyl (C=O) groups is 1. The maximum Gasteiger partial charge on any atom is 0.456 e. The maximum atomic E-state index is 12.1. The van der Waals surface area contributed by atoms with Gasteiger partial charge in [-0.05, 0) is 24.3 Å². The average molecular weight is 314 g/mol. The van der Waals surface area contributed by atoms with Crippen LogP contribution in [-0.2, 0) is 8.87 Å². The van der Waals surface area contributed by atoms with E-state index in [1.807, 2.05) is 0 Å². The number of nitrogens with one attached hydrogen (secondary N) is 2. The number of anilines is 1. The molecular weight excluding hydrogens is 305 g/mol. The van der Waals surface area contributed by atoms with Gasteiger partial charge in [0.15, 0.2) is 0 Å². The van der Waals surface area contributed by atoms with Crippen molar-refractivity contribution in [3.63, 3.8) is 0 Å². The molecule has 0 radical (unpaired) electrons.